The number of hydrogen-bond acceptors (Lipinski definition) is 7. The SMILES string of the molecule is CCOC(=O)C=c1sc(=Cc2csc(-c3ccc(F)cc3)n2)c(=O)n1CC(=O)N(CC)CC. The lowest BCUT2D eigenvalue weighted by molar-refractivity contribution is -0.135. The van der Waals surface area contributed by atoms with Crippen LogP contribution in [0.1, 0.15) is 26.5 Å². The quantitative estimate of drug-likeness (QED) is 0.453. The zero-order chi connectivity index (χ0) is 24.0. The molecule has 7 nitrogen and oxygen atoms in total. The van der Waals surface area contributed by atoms with Gasteiger partial charge < -0.3 is 9.64 Å². The molecule has 0 bridgehead atoms. The van der Waals surface area contributed by atoms with E-state index in [1.54, 1.807) is 35.4 Å². The van der Waals surface area contributed by atoms with E-state index >= 15 is 0 Å². The van der Waals surface area contributed by atoms with Gasteiger partial charge in [0, 0.05) is 24.0 Å². The molecule has 10 heteroatoms. The topological polar surface area (TPSA) is 81.5 Å². The highest BCUT2D eigenvalue weighted by atomic mass is 32.1. The molecule has 3 rings (SSSR count). The Morgan fingerprint density at radius 1 is 1.18 bits per heavy atom. The van der Waals surface area contributed by atoms with Crippen molar-refractivity contribution in [3.8, 4) is 10.6 Å². The van der Waals surface area contributed by atoms with E-state index in [1.807, 2.05) is 13.8 Å². The normalized spacial score (nSPS) is 12.2. The lowest BCUT2D eigenvalue weighted by atomic mass is 10.2. The van der Waals surface area contributed by atoms with E-state index in [0.717, 1.165) is 16.9 Å². The molecule has 0 spiro atoms. The number of esters is 1. The Morgan fingerprint density at radius 2 is 1.88 bits per heavy atom. The van der Waals surface area contributed by atoms with Gasteiger partial charge in [0.25, 0.3) is 5.56 Å². The molecule has 0 fully saturated rings. The Bertz CT molecular complexity index is 1300. The molecule has 0 aliphatic heterocycles. The highest BCUT2D eigenvalue weighted by Gasteiger charge is 2.15. The average molecular weight is 490 g/mol. The van der Waals surface area contributed by atoms with Crippen LogP contribution in [0.15, 0.2) is 34.4 Å². The number of nitrogens with zero attached hydrogens (tertiary/aromatic N) is 3. The standard InChI is InChI=1S/C23H24FN3O4S2/c1-4-26(5-2)19(28)13-27-20(12-21(29)31-6-3)33-18(23(27)30)11-17-14-32-22(25-17)15-7-9-16(24)10-8-15/h7-12,14H,4-6,13H2,1-3H3. The summed E-state index contributed by atoms with van der Waals surface area (Å²) in [6, 6.07) is 6.01. The summed E-state index contributed by atoms with van der Waals surface area (Å²) in [4.78, 5) is 43.9. The molecule has 174 valence electrons. The predicted molar refractivity (Wildman–Crippen MR) is 128 cm³/mol. The Balaban J connectivity index is 2.04. The second-order valence-corrected chi connectivity index (χ2v) is 8.81. The zero-order valence-electron chi connectivity index (χ0n) is 18.5. The number of amides is 1. The molecule has 0 saturated carbocycles. The van der Waals surface area contributed by atoms with Crippen LogP contribution in [0.25, 0.3) is 22.7 Å². The van der Waals surface area contributed by atoms with Crippen LogP contribution in [0.3, 0.4) is 0 Å². The minimum absolute atomic E-state index is 0.173. The monoisotopic (exact) mass is 489 g/mol. The van der Waals surface area contributed by atoms with Crippen molar-refractivity contribution in [2.45, 2.75) is 27.3 Å². The number of aromatic nitrogens is 2. The summed E-state index contributed by atoms with van der Waals surface area (Å²) >= 11 is 2.46. The second-order valence-electron chi connectivity index (χ2n) is 6.89. The van der Waals surface area contributed by atoms with Crippen LogP contribution in [-0.4, -0.2) is 46.0 Å². The van der Waals surface area contributed by atoms with Gasteiger partial charge in [0.05, 0.1) is 22.9 Å². The highest BCUT2D eigenvalue weighted by Crippen LogP contribution is 2.24. The van der Waals surface area contributed by atoms with Crippen LogP contribution in [0.5, 0.6) is 0 Å². The number of halogens is 1. The molecule has 0 atom stereocenters. The average Bonchev–Trinajstić information content (AvgIpc) is 3.36. The Labute approximate surface area is 198 Å². The van der Waals surface area contributed by atoms with E-state index in [4.69, 9.17) is 4.74 Å². The third-order valence-corrected chi connectivity index (χ3v) is 6.74. The van der Waals surface area contributed by atoms with Gasteiger partial charge in [-0.15, -0.1) is 22.7 Å². The first-order valence-corrected chi connectivity index (χ1v) is 12.1. The van der Waals surface area contributed by atoms with Crippen molar-refractivity contribution >= 4 is 46.7 Å². The van der Waals surface area contributed by atoms with Crippen molar-refractivity contribution in [3.63, 3.8) is 0 Å². The lowest BCUT2D eigenvalue weighted by Crippen LogP contribution is -2.40. The first kappa shape index (κ1) is 24.5. The Morgan fingerprint density at radius 3 is 2.52 bits per heavy atom. The summed E-state index contributed by atoms with van der Waals surface area (Å²) in [7, 11) is 0. The molecule has 3 aromatic rings. The van der Waals surface area contributed by atoms with Crippen LogP contribution in [-0.2, 0) is 20.9 Å². The summed E-state index contributed by atoms with van der Waals surface area (Å²) < 4.78 is 20.1. The molecule has 0 radical (unpaired) electrons. The zero-order valence-corrected chi connectivity index (χ0v) is 20.2. The van der Waals surface area contributed by atoms with Gasteiger partial charge >= 0.3 is 5.97 Å². The van der Waals surface area contributed by atoms with Gasteiger partial charge in [-0.25, -0.2) is 14.2 Å². The maximum atomic E-state index is 13.2. The number of carbonyl (C=O) groups excluding carboxylic acids is 2. The molecule has 33 heavy (non-hydrogen) atoms. The van der Waals surface area contributed by atoms with Crippen LogP contribution in [0.2, 0.25) is 0 Å². The molecule has 2 heterocycles. The van der Waals surface area contributed by atoms with Gasteiger partial charge in [0.15, 0.2) is 0 Å². The predicted octanol–water partition coefficient (Wildman–Crippen LogP) is 2.21. The van der Waals surface area contributed by atoms with E-state index < -0.39 is 5.97 Å². The fraction of sp³-hybridized carbons (Fsp3) is 0.304. The van der Waals surface area contributed by atoms with Crippen LogP contribution < -0.4 is 14.8 Å². The summed E-state index contributed by atoms with van der Waals surface area (Å²) in [5, 5.41) is 2.48. The number of thiazole rings is 2. The first-order valence-electron chi connectivity index (χ1n) is 10.4. The summed E-state index contributed by atoms with van der Waals surface area (Å²) in [5.74, 6) is -1.12. The number of rotatable bonds is 8. The van der Waals surface area contributed by atoms with Crippen molar-refractivity contribution in [1.82, 2.24) is 14.5 Å². The van der Waals surface area contributed by atoms with E-state index in [2.05, 4.69) is 4.98 Å². The molecule has 0 saturated heterocycles. The minimum Gasteiger partial charge on any atom is -0.463 e. The molecular formula is C23H24FN3O4S2. The van der Waals surface area contributed by atoms with Crippen LogP contribution >= 0.6 is 22.7 Å². The van der Waals surface area contributed by atoms with Gasteiger partial charge in [0.1, 0.15) is 22.0 Å². The molecule has 1 aromatic carbocycles. The lowest BCUT2D eigenvalue weighted by Gasteiger charge is -2.18. The van der Waals surface area contributed by atoms with E-state index in [9.17, 15) is 18.8 Å². The highest BCUT2D eigenvalue weighted by molar-refractivity contribution is 7.13. The van der Waals surface area contributed by atoms with Crippen molar-refractivity contribution in [2.24, 2.45) is 0 Å². The number of likely N-dealkylation sites (N-methyl/N-ethyl adjacent to an activating group) is 1. The van der Waals surface area contributed by atoms with Crippen molar-refractivity contribution in [2.75, 3.05) is 19.7 Å². The van der Waals surface area contributed by atoms with Crippen molar-refractivity contribution in [3.05, 3.63) is 60.7 Å². The Hall–Kier alpha value is -3.11. The molecule has 0 aliphatic rings. The largest absolute Gasteiger partial charge is 0.463 e. The van der Waals surface area contributed by atoms with Crippen molar-refractivity contribution in [1.29, 1.82) is 0 Å². The molecule has 2 aromatic heterocycles. The molecular weight excluding hydrogens is 465 g/mol. The van der Waals surface area contributed by atoms with Gasteiger partial charge in [-0.1, -0.05) is 0 Å². The maximum absolute atomic E-state index is 13.2. The van der Waals surface area contributed by atoms with Crippen molar-refractivity contribution < 1.29 is 18.7 Å². The third-order valence-electron chi connectivity index (χ3n) is 4.77. The summed E-state index contributed by atoms with van der Waals surface area (Å²) in [6.45, 7) is 6.50. The smallest absolute Gasteiger partial charge is 0.333 e. The number of carbonyl (C=O) groups is 2. The minimum atomic E-state index is -0.582. The number of benzene rings is 1. The molecule has 1 amide bonds. The summed E-state index contributed by atoms with van der Waals surface area (Å²) in [6.07, 6.45) is 2.85. The Kier molecular flexibility index (Phi) is 8.29. The van der Waals surface area contributed by atoms with Crippen LogP contribution in [0, 0.1) is 5.82 Å². The number of ether oxygens (including phenoxy) is 1. The van der Waals surface area contributed by atoms with Crippen LogP contribution in [0.4, 0.5) is 4.39 Å². The van der Waals surface area contributed by atoms with E-state index in [1.165, 1.54) is 34.1 Å². The summed E-state index contributed by atoms with van der Waals surface area (Å²) in [5.41, 5.74) is 0.945. The van der Waals surface area contributed by atoms with E-state index in [-0.39, 0.29) is 30.4 Å². The van der Waals surface area contributed by atoms with Gasteiger partial charge in [-0.2, -0.15) is 0 Å². The van der Waals surface area contributed by atoms with Gasteiger partial charge in [-0.3, -0.25) is 14.2 Å². The maximum Gasteiger partial charge on any atom is 0.333 e. The van der Waals surface area contributed by atoms with Gasteiger partial charge in [0.2, 0.25) is 5.91 Å². The molecule has 0 unspecified atom stereocenters. The third kappa shape index (κ3) is 6.02. The van der Waals surface area contributed by atoms with Gasteiger partial charge in [-0.05, 0) is 51.1 Å². The van der Waals surface area contributed by atoms with E-state index in [0.29, 0.717) is 33.0 Å². The fourth-order valence-electron chi connectivity index (χ4n) is 3.10. The first-order chi connectivity index (χ1) is 15.9. The fourth-order valence-corrected chi connectivity index (χ4v) is 4.90. The molecule has 0 aliphatic carbocycles. The molecule has 0 N–H and O–H groups in total. The number of hydrogen-bond donors (Lipinski definition) is 0. The second kappa shape index (κ2) is 11.2.